The Balaban J connectivity index is 1.25. The van der Waals surface area contributed by atoms with Crippen molar-refractivity contribution in [2.24, 2.45) is 0 Å². The Morgan fingerprint density at radius 1 is 0.970 bits per heavy atom. The summed E-state index contributed by atoms with van der Waals surface area (Å²) in [5.74, 6) is 3.12. The first-order valence-corrected chi connectivity index (χ1v) is 11.6. The van der Waals surface area contributed by atoms with Gasteiger partial charge >= 0.3 is 5.69 Å². The molecule has 178 valence electrons. The predicted molar refractivity (Wildman–Crippen MR) is 128 cm³/mol. The predicted octanol–water partition coefficient (Wildman–Crippen LogP) is 1.83. The van der Waals surface area contributed by atoms with Gasteiger partial charge in [0.05, 0.1) is 4.92 Å². The quantitative estimate of drug-likeness (QED) is 0.379. The molecule has 4 heterocycles. The molecule has 0 aromatic carbocycles. The molecule has 0 bridgehead atoms. The normalized spacial score (nSPS) is 15.9. The van der Waals surface area contributed by atoms with Crippen LogP contribution in [-0.4, -0.2) is 89.2 Å². The lowest BCUT2D eigenvalue weighted by Gasteiger charge is -2.22. The van der Waals surface area contributed by atoms with Crippen LogP contribution in [0.25, 0.3) is 0 Å². The highest BCUT2D eigenvalue weighted by Crippen LogP contribution is 2.25. The van der Waals surface area contributed by atoms with Gasteiger partial charge in [0.1, 0.15) is 24.0 Å². The number of hydrogen-bond donors (Lipinski definition) is 2. The Labute approximate surface area is 193 Å². The van der Waals surface area contributed by atoms with Crippen LogP contribution in [0.15, 0.2) is 18.5 Å². The number of nitrogens with one attached hydrogen (secondary N) is 2. The molecule has 2 aromatic heterocycles. The Morgan fingerprint density at radius 3 is 2.21 bits per heavy atom. The topological polar surface area (TPSA) is 128 Å². The zero-order valence-corrected chi connectivity index (χ0v) is 19.1. The van der Waals surface area contributed by atoms with Crippen molar-refractivity contribution in [1.82, 2.24) is 24.8 Å². The van der Waals surface area contributed by atoms with Crippen LogP contribution >= 0.6 is 0 Å². The Hall–Kier alpha value is -3.28. The molecule has 2 N–H and O–H groups in total. The minimum absolute atomic E-state index is 0.116. The molecule has 12 nitrogen and oxygen atoms in total. The van der Waals surface area contributed by atoms with Crippen molar-refractivity contribution >= 4 is 29.2 Å². The van der Waals surface area contributed by atoms with Gasteiger partial charge in [0.15, 0.2) is 0 Å². The first kappa shape index (κ1) is 22.9. The Kier molecular flexibility index (Phi) is 7.66. The molecule has 12 heteroatoms. The molecule has 2 fully saturated rings. The van der Waals surface area contributed by atoms with Gasteiger partial charge in [-0.15, -0.1) is 0 Å². The first-order valence-electron chi connectivity index (χ1n) is 11.6. The highest BCUT2D eigenvalue weighted by Gasteiger charge is 2.20. The lowest BCUT2D eigenvalue weighted by Crippen LogP contribution is -2.30. The second kappa shape index (κ2) is 11.0. The van der Waals surface area contributed by atoms with E-state index in [0.717, 1.165) is 63.4 Å². The molecule has 0 amide bonds. The Bertz CT molecular complexity index is 880. The molecule has 2 aromatic rings. The van der Waals surface area contributed by atoms with Crippen LogP contribution in [0.2, 0.25) is 0 Å². The molecule has 2 saturated heterocycles. The van der Waals surface area contributed by atoms with Gasteiger partial charge in [0, 0.05) is 58.4 Å². The highest BCUT2D eigenvalue weighted by molar-refractivity contribution is 5.55. The maximum atomic E-state index is 10.7. The molecule has 0 spiro atoms. The molecule has 0 radical (unpaired) electrons. The van der Waals surface area contributed by atoms with Gasteiger partial charge in [-0.25, -0.2) is 9.97 Å². The highest BCUT2D eigenvalue weighted by atomic mass is 16.6. The van der Waals surface area contributed by atoms with Crippen LogP contribution in [0.5, 0.6) is 0 Å². The van der Waals surface area contributed by atoms with Crippen molar-refractivity contribution in [1.29, 1.82) is 0 Å². The summed E-state index contributed by atoms with van der Waals surface area (Å²) in [6.07, 6.45) is 7.24. The second-order valence-corrected chi connectivity index (χ2v) is 8.48. The van der Waals surface area contributed by atoms with Gasteiger partial charge < -0.3 is 25.3 Å². The molecular formula is C21H32N10O2. The fourth-order valence-electron chi connectivity index (χ4n) is 4.03. The van der Waals surface area contributed by atoms with Crippen LogP contribution < -0.4 is 20.4 Å². The van der Waals surface area contributed by atoms with E-state index in [4.69, 9.17) is 9.97 Å². The van der Waals surface area contributed by atoms with E-state index in [1.165, 1.54) is 38.1 Å². The number of rotatable bonds is 11. The van der Waals surface area contributed by atoms with Gasteiger partial charge in [-0.3, -0.25) is 10.1 Å². The van der Waals surface area contributed by atoms with Crippen LogP contribution in [0.4, 0.5) is 29.2 Å². The van der Waals surface area contributed by atoms with Crippen LogP contribution in [0.1, 0.15) is 25.7 Å². The maximum Gasteiger partial charge on any atom is 0.305 e. The van der Waals surface area contributed by atoms with Crippen molar-refractivity contribution in [3.63, 3.8) is 0 Å². The van der Waals surface area contributed by atoms with Gasteiger partial charge in [-0.1, -0.05) is 0 Å². The van der Waals surface area contributed by atoms with E-state index in [-0.39, 0.29) is 5.69 Å². The van der Waals surface area contributed by atoms with E-state index >= 15 is 0 Å². The molecule has 0 saturated carbocycles. The molecular weight excluding hydrogens is 424 g/mol. The van der Waals surface area contributed by atoms with E-state index in [0.29, 0.717) is 12.5 Å². The number of anilines is 4. The lowest BCUT2D eigenvalue weighted by molar-refractivity contribution is -0.385. The molecule has 33 heavy (non-hydrogen) atoms. The number of nitrogens with zero attached hydrogens (tertiary/aromatic N) is 8. The molecule has 2 aliphatic heterocycles. The summed E-state index contributed by atoms with van der Waals surface area (Å²) in [7, 11) is 2.05. The van der Waals surface area contributed by atoms with Crippen LogP contribution in [-0.2, 0) is 0 Å². The number of likely N-dealkylation sites (N-methyl/N-ethyl adjacent to an activating group) is 1. The summed E-state index contributed by atoms with van der Waals surface area (Å²) >= 11 is 0. The summed E-state index contributed by atoms with van der Waals surface area (Å²) in [4.78, 5) is 34.6. The molecule has 0 unspecified atom stereocenters. The van der Waals surface area contributed by atoms with E-state index in [1.807, 2.05) is 7.05 Å². The van der Waals surface area contributed by atoms with E-state index in [1.54, 1.807) is 0 Å². The standard InChI is InChI=1S/C21H32N10O2/c1-28(13-7-23-20-24-15-17(16-25-20)31(32)33)12-6-22-18-14-19(29-8-2-3-9-29)27-21(26-18)30-10-4-5-11-30/h14-16H,2-13H2,1H3,(H,22,26,27)(H,23,24,25). The Morgan fingerprint density at radius 2 is 1.58 bits per heavy atom. The van der Waals surface area contributed by atoms with E-state index < -0.39 is 4.92 Å². The smallest absolute Gasteiger partial charge is 0.305 e. The van der Waals surface area contributed by atoms with Gasteiger partial charge in [-0.05, 0) is 32.7 Å². The van der Waals surface area contributed by atoms with Gasteiger partial charge in [0.25, 0.3) is 0 Å². The number of nitro groups is 1. The molecule has 2 aliphatic rings. The average molecular weight is 457 g/mol. The SMILES string of the molecule is CN(CCNc1cc(N2CCCC2)nc(N2CCCC2)n1)CCNc1ncc([N+](=O)[O-])cn1. The third-order valence-electron chi connectivity index (χ3n) is 5.95. The molecule has 0 aliphatic carbocycles. The zero-order valence-electron chi connectivity index (χ0n) is 19.1. The maximum absolute atomic E-state index is 10.7. The lowest BCUT2D eigenvalue weighted by atomic mass is 10.4. The summed E-state index contributed by atoms with van der Waals surface area (Å²) < 4.78 is 0. The molecule has 4 rings (SSSR count). The largest absolute Gasteiger partial charge is 0.369 e. The van der Waals surface area contributed by atoms with Crippen molar-refractivity contribution in [2.45, 2.75) is 25.7 Å². The zero-order chi connectivity index (χ0) is 23.0. The number of hydrogen-bond acceptors (Lipinski definition) is 11. The van der Waals surface area contributed by atoms with Crippen LogP contribution in [0, 0.1) is 10.1 Å². The van der Waals surface area contributed by atoms with E-state index in [9.17, 15) is 10.1 Å². The summed E-state index contributed by atoms with van der Waals surface area (Å²) in [6.45, 7) is 7.19. The third-order valence-corrected chi connectivity index (χ3v) is 5.95. The minimum Gasteiger partial charge on any atom is -0.369 e. The van der Waals surface area contributed by atoms with Crippen molar-refractivity contribution in [3.8, 4) is 0 Å². The first-order chi connectivity index (χ1) is 16.1. The van der Waals surface area contributed by atoms with Gasteiger partial charge in [0.2, 0.25) is 11.9 Å². The average Bonchev–Trinajstić information content (AvgIpc) is 3.54. The molecule has 0 atom stereocenters. The fraction of sp³-hybridized carbons (Fsp3) is 0.619. The van der Waals surface area contributed by atoms with Crippen molar-refractivity contribution < 1.29 is 4.92 Å². The monoisotopic (exact) mass is 456 g/mol. The summed E-state index contributed by atoms with van der Waals surface area (Å²) in [6, 6.07) is 2.07. The van der Waals surface area contributed by atoms with Crippen molar-refractivity contribution in [3.05, 3.63) is 28.6 Å². The minimum atomic E-state index is -0.510. The third kappa shape index (κ3) is 6.37. The van der Waals surface area contributed by atoms with Crippen molar-refractivity contribution in [2.75, 3.05) is 79.8 Å². The number of aromatic nitrogens is 4. The summed E-state index contributed by atoms with van der Waals surface area (Å²) in [5.41, 5.74) is -0.116. The van der Waals surface area contributed by atoms with Crippen LogP contribution in [0.3, 0.4) is 0 Å². The summed E-state index contributed by atoms with van der Waals surface area (Å²) in [5, 5.41) is 17.2. The van der Waals surface area contributed by atoms with E-state index in [2.05, 4.69) is 41.4 Å². The fourth-order valence-corrected chi connectivity index (χ4v) is 4.03. The second-order valence-electron chi connectivity index (χ2n) is 8.48. The van der Waals surface area contributed by atoms with Gasteiger partial charge in [-0.2, -0.15) is 9.97 Å².